The highest BCUT2D eigenvalue weighted by atomic mass is 16.5. The molecule has 1 fully saturated rings. The summed E-state index contributed by atoms with van der Waals surface area (Å²) in [4.78, 5) is 14.5. The van der Waals surface area contributed by atoms with Crippen molar-refractivity contribution in [3.05, 3.63) is 29.8 Å². The van der Waals surface area contributed by atoms with Gasteiger partial charge in [-0.15, -0.1) is 0 Å². The number of rotatable bonds is 4. The molecule has 0 aromatic heterocycles. The first kappa shape index (κ1) is 18.8. The molecule has 4 nitrogen and oxygen atoms in total. The molecule has 2 rings (SSSR count). The van der Waals surface area contributed by atoms with E-state index in [2.05, 4.69) is 39.8 Å². The van der Waals surface area contributed by atoms with Gasteiger partial charge in [0.25, 0.3) is 5.91 Å². The number of carbonyl (C=O) groups is 1. The maximum Gasteiger partial charge on any atom is 0.263 e. The lowest BCUT2D eigenvalue weighted by atomic mass is 9.87. The molecular formula is C20H32N2O2. The molecule has 0 spiro atoms. The largest absolute Gasteiger partial charge is 0.481 e. The fourth-order valence-corrected chi connectivity index (χ4v) is 3.19. The monoisotopic (exact) mass is 332 g/mol. The average molecular weight is 332 g/mol. The number of piperidine rings is 1. The number of nitrogens with two attached hydrogens (primary N) is 1. The number of amides is 1. The van der Waals surface area contributed by atoms with Gasteiger partial charge < -0.3 is 15.4 Å². The predicted molar refractivity (Wildman–Crippen MR) is 98.2 cm³/mol. The van der Waals surface area contributed by atoms with E-state index in [1.54, 1.807) is 0 Å². The number of hydrogen-bond donors (Lipinski definition) is 1. The van der Waals surface area contributed by atoms with Crippen LogP contribution < -0.4 is 10.5 Å². The zero-order valence-corrected chi connectivity index (χ0v) is 15.7. The maximum atomic E-state index is 12.6. The minimum atomic E-state index is -0.461. The Balaban J connectivity index is 1.90. The molecule has 134 valence electrons. The Hall–Kier alpha value is -1.55. The topological polar surface area (TPSA) is 55.6 Å². The summed E-state index contributed by atoms with van der Waals surface area (Å²) in [6.07, 6.45) is 1.50. The van der Waals surface area contributed by atoms with Crippen molar-refractivity contribution in [3.63, 3.8) is 0 Å². The van der Waals surface area contributed by atoms with Crippen molar-refractivity contribution in [2.75, 3.05) is 13.1 Å². The summed E-state index contributed by atoms with van der Waals surface area (Å²) in [6, 6.07) is 8.25. The molecule has 1 aliphatic heterocycles. The van der Waals surface area contributed by atoms with Gasteiger partial charge in [0, 0.05) is 19.1 Å². The summed E-state index contributed by atoms with van der Waals surface area (Å²) in [5.41, 5.74) is 7.34. The second-order valence-corrected chi connectivity index (χ2v) is 8.06. The molecule has 2 unspecified atom stereocenters. The Bertz CT molecular complexity index is 538. The molecule has 4 heteroatoms. The number of likely N-dealkylation sites (tertiary alicyclic amines) is 1. The van der Waals surface area contributed by atoms with Gasteiger partial charge in [-0.05, 0) is 55.7 Å². The molecule has 1 aromatic rings. The van der Waals surface area contributed by atoms with Crippen LogP contribution in [0, 0.1) is 5.92 Å². The Morgan fingerprint density at radius 2 is 1.71 bits per heavy atom. The standard InChI is InChI=1S/C20H32N2O2/c1-14(21)16-10-12-22(13-11-16)19(23)15(2)24-18-8-6-17(7-9-18)20(3,4)5/h6-9,14-16H,10-13,21H2,1-5H3. The Morgan fingerprint density at radius 1 is 1.17 bits per heavy atom. The first-order valence-corrected chi connectivity index (χ1v) is 9.00. The van der Waals surface area contributed by atoms with Gasteiger partial charge in [-0.1, -0.05) is 32.9 Å². The second-order valence-electron chi connectivity index (χ2n) is 8.06. The van der Waals surface area contributed by atoms with Crippen LogP contribution in [0.4, 0.5) is 0 Å². The van der Waals surface area contributed by atoms with Gasteiger partial charge in [-0.2, -0.15) is 0 Å². The molecule has 0 saturated carbocycles. The van der Waals surface area contributed by atoms with Crippen LogP contribution in [0.2, 0.25) is 0 Å². The van der Waals surface area contributed by atoms with Gasteiger partial charge in [-0.25, -0.2) is 0 Å². The molecule has 2 atom stereocenters. The molecule has 0 aliphatic carbocycles. The normalized spacial score (nSPS) is 19.0. The highest BCUT2D eigenvalue weighted by Crippen LogP contribution is 2.25. The van der Waals surface area contributed by atoms with Gasteiger partial charge in [0.1, 0.15) is 5.75 Å². The van der Waals surface area contributed by atoms with E-state index in [1.807, 2.05) is 24.0 Å². The molecule has 0 bridgehead atoms. The summed E-state index contributed by atoms with van der Waals surface area (Å²) in [5.74, 6) is 1.34. The highest BCUT2D eigenvalue weighted by Gasteiger charge is 2.28. The number of ether oxygens (including phenoxy) is 1. The van der Waals surface area contributed by atoms with E-state index in [0.29, 0.717) is 5.92 Å². The van der Waals surface area contributed by atoms with Crippen molar-refractivity contribution in [2.24, 2.45) is 11.7 Å². The number of benzene rings is 1. The van der Waals surface area contributed by atoms with Crippen LogP contribution in [-0.2, 0) is 10.2 Å². The lowest BCUT2D eigenvalue weighted by molar-refractivity contribution is -0.139. The molecule has 1 saturated heterocycles. The summed E-state index contributed by atoms with van der Waals surface area (Å²) >= 11 is 0. The van der Waals surface area contributed by atoms with Crippen LogP contribution in [0.15, 0.2) is 24.3 Å². The van der Waals surface area contributed by atoms with Gasteiger partial charge in [0.2, 0.25) is 0 Å². The average Bonchev–Trinajstić information content (AvgIpc) is 2.54. The molecular weight excluding hydrogens is 300 g/mol. The van der Waals surface area contributed by atoms with E-state index in [9.17, 15) is 4.79 Å². The van der Waals surface area contributed by atoms with E-state index < -0.39 is 6.10 Å². The molecule has 1 aromatic carbocycles. The molecule has 1 aliphatic rings. The molecule has 1 amide bonds. The predicted octanol–water partition coefficient (Wildman–Crippen LogP) is 3.34. The van der Waals surface area contributed by atoms with Crippen LogP contribution in [0.5, 0.6) is 5.75 Å². The summed E-state index contributed by atoms with van der Waals surface area (Å²) in [7, 11) is 0. The van der Waals surface area contributed by atoms with Crippen molar-refractivity contribution in [2.45, 2.75) is 65.0 Å². The molecule has 24 heavy (non-hydrogen) atoms. The number of carbonyl (C=O) groups excluding carboxylic acids is 1. The van der Waals surface area contributed by atoms with Crippen molar-refractivity contribution in [1.82, 2.24) is 4.90 Å². The van der Waals surface area contributed by atoms with E-state index >= 15 is 0 Å². The van der Waals surface area contributed by atoms with Crippen LogP contribution in [0.1, 0.15) is 53.0 Å². The van der Waals surface area contributed by atoms with Gasteiger partial charge in [0.15, 0.2) is 6.10 Å². The van der Waals surface area contributed by atoms with E-state index in [1.165, 1.54) is 5.56 Å². The van der Waals surface area contributed by atoms with Crippen LogP contribution in [0.3, 0.4) is 0 Å². The summed E-state index contributed by atoms with van der Waals surface area (Å²) in [5, 5.41) is 0. The Labute approximate surface area is 146 Å². The van der Waals surface area contributed by atoms with Gasteiger partial charge >= 0.3 is 0 Å². The molecule has 2 N–H and O–H groups in total. The number of hydrogen-bond acceptors (Lipinski definition) is 3. The van der Waals surface area contributed by atoms with Crippen molar-refractivity contribution < 1.29 is 9.53 Å². The zero-order chi connectivity index (χ0) is 17.9. The van der Waals surface area contributed by atoms with E-state index in [0.717, 1.165) is 31.7 Å². The Morgan fingerprint density at radius 3 is 2.17 bits per heavy atom. The van der Waals surface area contributed by atoms with Crippen molar-refractivity contribution >= 4 is 5.91 Å². The molecule has 1 heterocycles. The lowest BCUT2D eigenvalue weighted by Crippen LogP contribution is -2.46. The lowest BCUT2D eigenvalue weighted by Gasteiger charge is -2.35. The Kier molecular flexibility index (Phi) is 5.92. The van der Waals surface area contributed by atoms with Crippen molar-refractivity contribution in [3.8, 4) is 5.75 Å². The zero-order valence-electron chi connectivity index (χ0n) is 15.7. The third-order valence-corrected chi connectivity index (χ3v) is 4.98. The first-order valence-electron chi connectivity index (χ1n) is 9.00. The van der Waals surface area contributed by atoms with Crippen molar-refractivity contribution in [1.29, 1.82) is 0 Å². The highest BCUT2D eigenvalue weighted by molar-refractivity contribution is 5.81. The molecule has 0 radical (unpaired) electrons. The summed E-state index contributed by atoms with van der Waals surface area (Å²) in [6.45, 7) is 12.0. The van der Waals surface area contributed by atoms with E-state index in [-0.39, 0.29) is 17.4 Å². The quantitative estimate of drug-likeness (QED) is 0.920. The van der Waals surface area contributed by atoms with Gasteiger partial charge in [-0.3, -0.25) is 4.79 Å². The van der Waals surface area contributed by atoms with E-state index in [4.69, 9.17) is 10.5 Å². The smallest absolute Gasteiger partial charge is 0.263 e. The van der Waals surface area contributed by atoms with Gasteiger partial charge in [0.05, 0.1) is 0 Å². The maximum absolute atomic E-state index is 12.6. The first-order chi connectivity index (χ1) is 11.2. The van der Waals surface area contributed by atoms with Crippen LogP contribution in [-0.4, -0.2) is 36.0 Å². The minimum Gasteiger partial charge on any atom is -0.481 e. The SMILES string of the molecule is CC(Oc1ccc(C(C)(C)C)cc1)C(=O)N1CCC(C(C)N)CC1. The minimum absolute atomic E-state index is 0.0676. The summed E-state index contributed by atoms with van der Waals surface area (Å²) < 4.78 is 5.86. The van der Waals surface area contributed by atoms with Crippen LogP contribution >= 0.6 is 0 Å². The third-order valence-electron chi connectivity index (χ3n) is 4.98. The fourth-order valence-electron chi connectivity index (χ4n) is 3.19. The number of nitrogens with zero attached hydrogens (tertiary/aromatic N) is 1. The van der Waals surface area contributed by atoms with Crippen LogP contribution in [0.25, 0.3) is 0 Å². The second kappa shape index (κ2) is 7.56. The fraction of sp³-hybridized carbons (Fsp3) is 0.650. The third kappa shape index (κ3) is 4.73.